The number of anilines is 2. The number of hydrogen-bond acceptors (Lipinski definition) is 5. The standard InChI is InChI=1S/C17H19FN4O2/c18-13-6-2-3-7-14(13)24-11-17(23)21-15-10-16(20-12-19-15)22-8-4-1-5-9-22/h2-3,6-7,10,12H,1,4-5,8-9,11H2,(H,19,20,21,23). The molecule has 0 unspecified atom stereocenters. The summed E-state index contributed by atoms with van der Waals surface area (Å²) in [7, 11) is 0. The third-order valence-corrected chi connectivity index (χ3v) is 3.80. The summed E-state index contributed by atoms with van der Waals surface area (Å²) in [5, 5.41) is 2.65. The number of benzene rings is 1. The molecule has 126 valence electrons. The molecule has 3 rings (SSSR count). The fourth-order valence-corrected chi connectivity index (χ4v) is 2.60. The van der Waals surface area contributed by atoms with Crippen LogP contribution in [-0.2, 0) is 4.79 Å². The van der Waals surface area contributed by atoms with Gasteiger partial charge in [-0.25, -0.2) is 14.4 Å². The minimum Gasteiger partial charge on any atom is -0.481 e. The number of carbonyl (C=O) groups excluding carboxylic acids is 1. The van der Waals surface area contributed by atoms with E-state index in [1.807, 2.05) is 0 Å². The highest BCUT2D eigenvalue weighted by Crippen LogP contribution is 2.19. The molecule has 1 aromatic heterocycles. The van der Waals surface area contributed by atoms with E-state index in [0.717, 1.165) is 31.7 Å². The molecule has 0 atom stereocenters. The first-order valence-electron chi connectivity index (χ1n) is 7.96. The molecule has 0 saturated carbocycles. The van der Waals surface area contributed by atoms with Gasteiger partial charge in [-0.15, -0.1) is 0 Å². The Balaban J connectivity index is 1.57. The topological polar surface area (TPSA) is 67.3 Å². The van der Waals surface area contributed by atoms with Crippen LogP contribution in [0.25, 0.3) is 0 Å². The molecule has 6 nitrogen and oxygen atoms in total. The number of aromatic nitrogens is 2. The number of nitrogens with zero attached hydrogens (tertiary/aromatic N) is 3. The summed E-state index contributed by atoms with van der Waals surface area (Å²) in [5.74, 6) is 0.355. The van der Waals surface area contributed by atoms with E-state index in [-0.39, 0.29) is 12.4 Å². The maximum absolute atomic E-state index is 13.4. The minimum atomic E-state index is -0.500. The second-order valence-electron chi connectivity index (χ2n) is 5.58. The van der Waals surface area contributed by atoms with Crippen LogP contribution in [0.2, 0.25) is 0 Å². The van der Waals surface area contributed by atoms with E-state index in [9.17, 15) is 9.18 Å². The fourth-order valence-electron chi connectivity index (χ4n) is 2.60. The largest absolute Gasteiger partial charge is 0.481 e. The third-order valence-electron chi connectivity index (χ3n) is 3.80. The second kappa shape index (κ2) is 7.72. The van der Waals surface area contributed by atoms with Crippen molar-refractivity contribution in [3.63, 3.8) is 0 Å². The van der Waals surface area contributed by atoms with Crippen molar-refractivity contribution in [1.82, 2.24) is 9.97 Å². The lowest BCUT2D eigenvalue weighted by molar-refractivity contribution is -0.118. The van der Waals surface area contributed by atoms with Gasteiger partial charge < -0.3 is 15.0 Å². The molecule has 1 amide bonds. The summed E-state index contributed by atoms with van der Waals surface area (Å²) >= 11 is 0. The van der Waals surface area contributed by atoms with E-state index in [2.05, 4.69) is 20.2 Å². The first-order valence-corrected chi connectivity index (χ1v) is 7.96. The number of para-hydroxylation sites is 1. The number of halogens is 1. The number of rotatable bonds is 5. The van der Waals surface area contributed by atoms with Crippen LogP contribution in [0.1, 0.15) is 19.3 Å². The molecule has 0 aliphatic carbocycles. The Bertz CT molecular complexity index is 704. The smallest absolute Gasteiger partial charge is 0.263 e. The molecule has 1 aliphatic rings. The van der Waals surface area contributed by atoms with Gasteiger partial charge in [0, 0.05) is 19.2 Å². The van der Waals surface area contributed by atoms with Gasteiger partial charge in [-0.05, 0) is 31.4 Å². The molecule has 0 radical (unpaired) electrons. The Labute approximate surface area is 139 Å². The monoisotopic (exact) mass is 330 g/mol. The van der Waals surface area contributed by atoms with Gasteiger partial charge in [0.05, 0.1) is 0 Å². The lowest BCUT2D eigenvalue weighted by Gasteiger charge is -2.27. The van der Waals surface area contributed by atoms with E-state index in [0.29, 0.717) is 5.82 Å². The lowest BCUT2D eigenvalue weighted by Crippen LogP contribution is -2.30. The Hall–Kier alpha value is -2.70. The number of ether oxygens (including phenoxy) is 1. The van der Waals surface area contributed by atoms with Gasteiger partial charge in [0.1, 0.15) is 18.0 Å². The SMILES string of the molecule is O=C(COc1ccccc1F)Nc1cc(N2CCCCC2)ncn1. The predicted octanol–water partition coefficient (Wildman–Crippen LogP) is 2.62. The molecule has 1 saturated heterocycles. The number of nitrogens with one attached hydrogen (secondary N) is 1. The van der Waals surface area contributed by atoms with Crippen molar-refractivity contribution < 1.29 is 13.9 Å². The number of hydrogen-bond donors (Lipinski definition) is 1. The summed E-state index contributed by atoms with van der Waals surface area (Å²) in [5.41, 5.74) is 0. The van der Waals surface area contributed by atoms with Crippen LogP contribution in [0.3, 0.4) is 0 Å². The zero-order valence-corrected chi connectivity index (χ0v) is 13.2. The number of amides is 1. The molecule has 1 aliphatic heterocycles. The quantitative estimate of drug-likeness (QED) is 0.913. The first-order chi connectivity index (χ1) is 11.7. The molecule has 1 N–H and O–H groups in total. The molecule has 1 aromatic carbocycles. The Kier molecular flexibility index (Phi) is 5.20. The molecule has 7 heteroatoms. The van der Waals surface area contributed by atoms with Crippen LogP contribution in [-0.4, -0.2) is 35.6 Å². The summed E-state index contributed by atoms with van der Waals surface area (Å²) < 4.78 is 18.6. The van der Waals surface area contributed by atoms with Gasteiger partial charge in [-0.1, -0.05) is 12.1 Å². The fraction of sp³-hybridized carbons (Fsp3) is 0.353. The Morgan fingerprint density at radius 2 is 2.00 bits per heavy atom. The molecule has 2 heterocycles. The molecule has 1 fully saturated rings. The zero-order chi connectivity index (χ0) is 16.8. The van der Waals surface area contributed by atoms with E-state index < -0.39 is 11.7 Å². The van der Waals surface area contributed by atoms with E-state index in [1.165, 1.54) is 24.9 Å². The maximum Gasteiger partial charge on any atom is 0.263 e. The predicted molar refractivity (Wildman–Crippen MR) is 88.6 cm³/mol. The van der Waals surface area contributed by atoms with Crippen molar-refractivity contribution >= 4 is 17.5 Å². The zero-order valence-electron chi connectivity index (χ0n) is 13.2. The normalized spacial score (nSPS) is 14.3. The molecular formula is C17H19FN4O2. The molecule has 0 spiro atoms. The summed E-state index contributed by atoms with van der Waals surface area (Å²) in [4.78, 5) is 22.4. The number of carbonyl (C=O) groups is 1. The Morgan fingerprint density at radius 1 is 1.21 bits per heavy atom. The van der Waals surface area contributed by atoms with Gasteiger partial charge in [-0.2, -0.15) is 0 Å². The van der Waals surface area contributed by atoms with Crippen molar-refractivity contribution in [3.05, 3.63) is 42.5 Å². The molecular weight excluding hydrogens is 311 g/mol. The highest BCUT2D eigenvalue weighted by atomic mass is 19.1. The molecule has 2 aromatic rings. The van der Waals surface area contributed by atoms with Crippen LogP contribution >= 0.6 is 0 Å². The lowest BCUT2D eigenvalue weighted by atomic mass is 10.1. The number of piperidine rings is 1. The van der Waals surface area contributed by atoms with Gasteiger partial charge in [0.25, 0.3) is 5.91 Å². The van der Waals surface area contributed by atoms with Gasteiger partial charge >= 0.3 is 0 Å². The van der Waals surface area contributed by atoms with Gasteiger partial charge in [-0.3, -0.25) is 4.79 Å². The van der Waals surface area contributed by atoms with Crippen LogP contribution in [0, 0.1) is 5.82 Å². The highest BCUT2D eigenvalue weighted by Gasteiger charge is 2.14. The minimum absolute atomic E-state index is 0.0457. The van der Waals surface area contributed by atoms with Crippen LogP contribution in [0.5, 0.6) is 5.75 Å². The average molecular weight is 330 g/mol. The van der Waals surface area contributed by atoms with Gasteiger partial charge in [0.15, 0.2) is 18.2 Å². The van der Waals surface area contributed by atoms with Crippen LogP contribution < -0.4 is 15.0 Å². The maximum atomic E-state index is 13.4. The van der Waals surface area contributed by atoms with Crippen molar-refractivity contribution in [3.8, 4) is 5.75 Å². The Morgan fingerprint density at radius 3 is 2.79 bits per heavy atom. The molecule has 24 heavy (non-hydrogen) atoms. The summed E-state index contributed by atoms with van der Waals surface area (Å²) in [6.45, 7) is 1.63. The third kappa shape index (κ3) is 4.18. The summed E-state index contributed by atoms with van der Waals surface area (Å²) in [6.07, 6.45) is 4.94. The van der Waals surface area contributed by atoms with Crippen molar-refractivity contribution in [2.75, 3.05) is 29.9 Å². The van der Waals surface area contributed by atoms with Crippen LogP contribution in [0.15, 0.2) is 36.7 Å². The van der Waals surface area contributed by atoms with Gasteiger partial charge in [0.2, 0.25) is 0 Å². The van der Waals surface area contributed by atoms with Crippen molar-refractivity contribution in [2.24, 2.45) is 0 Å². The first kappa shape index (κ1) is 16.2. The molecule has 0 bridgehead atoms. The second-order valence-corrected chi connectivity index (χ2v) is 5.58. The van der Waals surface area contributed by atoms with E-state index in [1.54, 1.807) is 18.2 Å². The highest BCUT2D eigenvalue weighted by molar-refractivity contribution is 5.91. The summed E-state index contributed by atoms with van der Waals surface area (Å²) in [6, 6.07) is 7.70. The van der Waals surface area contributed by atoms with Crippen molar-refractivity contribution in [1.29, 1.82) is 0 Å². The van der Waals surface area contributed by atoms with Crippen molar-refractivity contribution in [2.45, 2.75) is 19.3 Å². The average Bonchev–Trinajstić information content (AvgIpc) is 2.62. The van der Waals surface area contributed by atoms with E-state index >= 15 is 0 Å². The van der Waals surface area contributed by atoms with Crippen LogP contribution in [0.4, 0.5) is 16.0 Å². The van der Waals surface area contributed by atoms with E-state index in [4.69, 9.17) is 4.74 Å².